The number of nitrogens with zero attached hydrogens (tertiary/aromatic N) is 2. The second-order valence-corrected chi connectivity index (χ2v) is 7.56. The van der Waals surface area contributed by atoms with E-state index in [1.807, 2.05) is 11.8 Å². The van der Waals surface area contributed by atoms with Gasteiger partial charge < -0.3 is 24.0 Å². The molecule has 0 aromatic heterocycles. The van der Waals surface area contributed by atoms with Crippen LogP contribution < -0.4 is 9.64 Å². The van der Waals surface area contributed by atoms with Gasteiger partial charge in [0.1, 0.15) is 5.75 Å². The number of hydrogen-bond acceptors (Lipinski definition) is 6. The van der Waals surface area contributed by atoms with Crippen LogP contribution in [0.25, 0.3) is 0 Å². The highest BCUT2D eigenvalue weighted by Gasteiger charge is 2.43. The van der Waals surface area contributed by atoms with Gasteiger partial charge in [0.2, 0.25) is 11.7 Å². The number of hydrogen-bond donors (Lipinski definition) is 0. The molecule has 2 aliphatic heterocycles. The molecule has 2 aliphatic rings. The lowest BCUT2D eigenvalue weighted by Crippen LogP contribution is -2.54. The highest BCUT2D eigenvalue weighted by atomic mass is 19.4. The van der Waals surface area contributed by atoms with E-state index in [-0.39, 0.29) is 24.1 Å². The molecule has 10 heteroatoms. The summed E-state index contributed by atoms with van der Waals surface area (Å²) >= 11 is 0. The Kier molecular flexibility index (Phi) is 5.66. The van der Waals surface area contributed by atoms with Crippen molar-refractivity contribution in [2.24, 2.45) is 0 Å². The standard InChI is InChI=1S/C19H23F3N2O5/c1-12-11-23(13-4-6-14(7-5-13)27-19(20,21)22)8-9-24(12)16(25)10-15-17(26)29-18(2,3)28-15/h4-7,12,15H,8-11H2,1-3H3/t12-,15+/m1/s1. The zero-order valence-electron chi connectivity index (χ0n) is 16.4. The molecule has 2 atom stereocenters. The van der Waals surface area contributed by atoms with Gasteiger partial charge in [-0.05, 0) is 31.2 Å². The quantitative estimate of drug-likeness (QED) is 0.703. The topological polar surface area (TPSA) is 68.3 Å². The van der Waals surface area contributed by atoms with Crippen molar-refractivity contribution in [2.75, 3.05) is 24.5 Å². The number of ether oxygens (including phenoxy) is 3. The van der Waals surface area contributed by atoms with E-state index >= 15 is 0 Å². The number of alkyl halides is 3. The van der Waals surface area contributed by atoms with Crippen LogP contribution >= 0.6 is 0 Å². The Bertz CT molecular complexity index is 766. The van der Waals surface area contributed by atoms with Gasteiger partial charge in [0, 0.05) is 45.2 Å². The molecule has 3 rings (SSSR count). The first-order valence-electron chi connectivity index (χ1n) is 9.24. The van der Waals surface area contributed by atoms with E-state index in [2.05, 4.69) is 4.74 Å². The minimum absolute atomic E-state index is 0.0872. The van der Waals surface area contributed by atoms with Crippen LogP contribution in [-0.2, 0) is 19.1 Å². The Balaban J connectivity index is 1.56. The largest absolute Gasteiger partial charge is 0.573 e. The summed E-state index contributed by atoms with van der Waals surface area (Å²) in [5.41, 5.74) is 0.739. The first-order chi connectivity index (χ1) is 13.4. The Hall–Kier alpha value is -2.49. The average molecular weight is 416 g/mol. The van der Waals surface area contributed by atoms with E-state index in [9.17, 15) is 22.8 Å². The zero-order valence-corrected chi connectivity index (χ0v) is 16.4. The summed E-state index contributed by atoms with van der Waals surface area (Å²) in [6.45, 7) is 6.54. The normalized spacial score (nSPS) is 24.4. The van der Waals surface area contributed by atoms with Crippen LogP contribution in [0.2, 0.25) is 0 Å². The molecule has 1 aromatic rings. The number of benzene rings is 1. The SMILES string of the molecule is C[C@@H]1CN(c2ccc(OC(F)(F)F)cc2)CCN1C(=O)C[C@@H]1OC(C)(C)OC1=O. The minimum atomic E-state index is -4.73. The van der Waals surface area contributed by atoms with Crippen LogP contribution in [0.1, 0.15) is 27.2 Å². The Labute approximate surface area is 166 Å². The number of rotatable bonds is 4. The molecule has 160 valence electrons. The van der Waals surface area contributed by atoms with Crippen LogP contribution in [0.4, 0.5) is 18.9 Å². The molecule has 2 fully saturated rings. The van der Waals surface area contributed by atoms with E-state index in [4.69, 9.17) is 9.47 Å². The third-order valence-corrected chi connectivity index (χ3v) is 4.78. The van der Waals surface area contributed by atoms with Crippen LogP contribution in [-0.4, -0.2) is 60.7 Å². The predicted molar refractivity (Wildman–Crippen MR) is 96.2 cm³/mol. The lowest BCUT2D eigenvalue weighted by atomic mass is 10.1. The predicted octanol–water partition coefficient (Wildman–Crippen LogP) is 2.69. The summed E-state index contributed by atoms with van der Waals surface area (Å²) in [6.07, 6.45) is -5.73. The van der Waals surface area contributed by atoms with Gasteiger partial charge in [-0.2, -0.15) is 0 Å². The van der Waals surface area contributed by atoms with E-state index < -0.39 is 24.2 Å². The fourth-order valence-electron chi connectivity index (χ4n) is 3.54. The first-order valence-corrected chi connectivity index (χ1v) is 9.24. The molecule has 2 heterocycles. The molecule has 0 aliphatic carbocycles. The molecule has 1 aromatic carbocycles. The number of halogens is 3. The molecule has 1 amide bonds. The molecular weight excluding hydrogens is 393 g/mol. The highest BCUT2D eigenvalue weighted by molar-refractivity contribution is 5.86. The van der Waals surface area contributed by atoms with Crippen LogP contribution in [0, 0.1) is 0 Å². The van der Waals surface area contributed by atoms with Crippen LogP contribution in [0.5, 0.6) is 5.75 Å². The molecule has 0 saturated carbocycles. The summed E-state index contributed by atoms with van der Waals surface area (Å²) in [7, 11) is 0. The van der Waals surface area contributed by atoms with Gasteiger partial charge in [-0.15, -0.1) is 13.2 Å². The smallest absolute Gasteiger partial charge is 0.432 e. The van der Waals surface area contributed by atoms with Crippen molar-refractivity contribution in [3.63, 3.8) is 0 Å². The van der Waals surface area contributed by atoms with Gasteiger partial charge in [0.25, 0.3) is 0 Å². The maximum atomic E-state index is 12.6. The van der Waals surface area contributed by atoms with Crippen molar-refractivity contribution in [1.29, 1.82) is 0 Å². The minimum Gasteiger partial charge on any atom is -0.432 e. The van der Waals surface area contributed by atoms with Crippen molar-refractivity contribution in [3.05, 3.63) is 24.3 Å². The highest BCUT2D eigenvalue weighted by Crippen LogP contribution is 2.28. The number of cyclic esters (lactones) is 1. The summed E-state index contributed by atoms with van der Waals surface area (Å²) in [5.74, 6) is -2.06. The third kappa shape index (κ3) is 5.31. The van der Waals surface area contributed by atoms with Gasteiger partial charge in [-0.1, -0.05) is 0 Å². The fraction of sp³-hybridized carbons (Fsp3) is 0.579. The lowest BCUT2D eigenvalue weighted by Gasteiger charge is -2.41. The van der Waals surface area contributed by atoms with Crippen LogP contribution in [0.3, 0.4) is 0 Å². The molecule has 0 unspecified atom stereocenters. The summed E-state index contributed by atoms with van der Waals surface area (Å²) in [4.78, 5) is 28.1. The second kappa shape index (κ2) is 7.74. The molecule has 7 nitrogen and oxygen atoms in total. The van der Waals surface area contributed by atoms with Crippen LogP contribution in [0.15, 0.2) is 24.3 Å². The van der Waals surface area contributed by atoms with Crippen molar-refractivity contribution < 1.29 is 37.0 Å². The third-order valence-electron chi connectivity index (χ3n) is 4.78. The number of anilines is 1. The number of esters is 1. The van der Waals surface area contributed by atoms with Crippen molar-refractivity contribution in [3.8, 4) is 5.75 Å². The van der Waals surface area contributed by atoms with Gasteiger partial charge in [-0.3, -0.25) is 4.79 Å². The van der Waals surface area contributed by atoms with Gasteiger partial charge in [0.05, 0.1) is 6.42 Å². The van der Waals surface area contributed by atoms with Gasteiger partial charge >= 0.3 is 12.3 Å². The molecule has 0 N–H and O–H groups in total. The zero-order chi connectivity index (χ0) is 21.4. The van der Waals surface area contributed by atoms with E-state index in [0.29, 0.717) is 19.6 Å². The maximum absolute atomic E-state index is 12.6. The lowest BCUT2D eigenvalue weighted by molar-refractivity contribution is -0.274. The Morgan fingerprint density at radius 3 is 2.41 bits per heavy atom. The maximum Gasteiger partial charge on any atom is 0.573 e. The number of piperazine rings is 1. The second-order valence-electron chi connectivity index (χ2n) is 7.56. The van der Waals surface area contributed by atoms with E-state index in [0.717, 1.165) is 5.69 Å². The van der Waals surface area contributed by atoms with Crippen molar-refractivity contribution >= 4 is 17.6 Å². The van der Waals surface area contributed by atoms with Gasteiger partial charge in [0.15, 0.2) is 6.10 Å². The summed E-state index contributed by atoms with van der Waals surface area (Å²) in [6, 6.07) is 5.48. The molecule has 0 bridgehead atoms. The molecule has 0 radical (unpaired) electrons. The van der Waals surface area contributed by atoms with Crippen molar-refractivity contribution in [1.82, 2.24) is 4.90 Å². The Morgan fingerprint density at radius 2 is 1.90 bits per heavy atom. The van der Waals surface area contributed by atoms with Crippen molar-refractivity contribution in [2.45, 2.75) is 51.5 Å². The molecule has 29 heavy (non-hydrogen) atoms. The molecular formula is C19H23F3N2O5. The summed E-state index contributed by atoms with van der Waals surface area (Å²) in [5, 5.41) is 0. The number of amides is 1. The average Bonchev–Trinajstić information content (AvgIpc) is 2.85. The van der Waals surface area contributed by atoms with Gasteiger partial charge in [-0.25, -0.2) is 4.79 Å². The monoisotopic (exact) mass is 416 g/mol. The van der Waals surface area contributed by atoms with E-state index in [1.165, 1.54) is 12.1 Å². The number of carbonyl (C=O) groups excluding carboxylic acids is 2. The fourth-order valence-corrected chi connectivity index (χ4v) is 3.54. The first kappa shape index (κ1) is 21.2. The summed E-state index contributed by atoms with van der Waals surface area (Å²) < 4.78 is 51.2. The number of carbonyl (C=O) groups is 2. The Morgan fingerprint density at radius 1 is 1.24 bits per heavy atom. The molecule has 0 spiro atoms. The molecule has 2 saturated heterocycles. The van der Waals surface area contributed by atoms with E-state index in [1.54, 1.807) is 30.9 Å².